The Bertz CT molecular complexity index is 744. The number of carbonyl (C=O) groups is 1. The molecule has 0 radical (unpaired) electrons. The molecular formula is C18H18BrFN2O. The average Bonchev–Trinajstić information content (AvgIpc) is 3.31. The average molecular weight is 377 g/mol. The summed E-state index contributed by atoms with van der Waals surface area (Å²) < 4.78 is 14.6. The molecule has 5 heteroatoms. The summed E-state index contributed by atoms with van der Waals surface area (Å²) in [5.74, 6) is -0.308. The number of hydrogen-bond donors (Lipinski definition) is 2. The minimum atomic E-state index is -0.257. The molecule has 120 valence electrons. The van der Waals surface area contributed by atoms with E-state index >= 15 is 0 Å². The first-order chi connectivity index (χ1) is 11.0. The fraction of sp³-hybridized carbons (Fsp3) is 0.278. The summed E-state index contributed by atoms with van der Waals surface area (Å²) >= 11 is 3.25. The van der Waals surface area contributed by atoms with Crippen molar-refractivity contribution in [2.45, 2.75) is 32.4 Å². The molecule has 3 rings (SSSR count). The molecule has 0 heterocycles. The fourth-order valence-corrected chi connectivity index (χ4v) is 2.64. The Balaban J connectivity index is 1.72. The predicted molar refractivity (Wildman–Crippen MR) is 93.1 cm³/mol. The van der Waals surface area contributed by atoms with E-state index in [0.29, 0.717) is 28.2 Å². The van der Waals surface area contributed by atoms with Crippen LogP contribution in [0.25, 0.3) is 0 Å². The summed E-state index contributed by atoms with van der Waals surface area (Å²) in [6.45, 7) is 2.33. The van der Waals surface area contributed by atoms with Gasteiger partial charge in [-0.1, -0.05) is 28.1 Å². The van der Waals surface area contributed by atoms with Crippen molar-refractivity contribution in [3.05, 3.63) is 63.4 Å². The van der Waals surface area contributed by atoms with Gasteiger partial charge in [0, 0.05) is 33.9 Å². The topological polar surface area (TPSA) is 41.1 Å². The molecule has 1 fully saturated rings. The van der Waals surface area contributed by atoms with Gasteiger partial charge in [-0.2, -0.15) is 0 Å². The molecule has 0 saturated heterocycles. The number of benzene rings is 2. The number of hydrogen-bond acceptors (Lipinski definition) is 2. The van der Waals surface area contributed by atoms with Gasteiger partial charge in [-0.25, -0.2) is 4.39 Å². The van der Waals surface area contributed by atoms with Gasteiger partial charge in [0.05, 0.1) is 0 Å². The van der Waals surface area contributed by atoms with Crippen LogP contribution < -0.4 is 10.6 Å². The van der Waals surface area contributed by atoms with Crippen molar-refractivity contribution in [1.29, 1.82) is 0 Å². The molecule has 0 atom stereocenters. The lowest BCUT2D eigenvalue weighted by atomic mass is 10.1. The maximum absolute atomic E-state index is 13.9. The van der Waals surface area contributed by atoms with Gasteiger partial charge in [0.25, 0.3) is 5.91 Å². The highest BCUT2D eigenvalue weighted by Crippen LogP contribution is 2.22. The second kappa shape index (κ2) is 6.71. The third-order valence-electron chi connectivity index (χ3n) is 3.90. The highest BCUT2D eigenvalue weighted by Gasteiger charge is 2.23. The molecule has 1 amide bonds. The molecule has 3 nitrogen and oxygen atoms in total. The maximum atomic E-state index is 13.9. The quantitative estimate of drug-likeness (QED) is 0.811. The smallest absolute Gasteiger partial charge is 0.251 e. The number of nitrogens with one attached hydrogen (secondary N) is 2. The van der Waals surface area contributed by atoms with Crippen LogP contribution in [-0.2, 0) is 6.54 Å². The number of halogens is 2. The summed E-state index contributed by atoms with van der Waals surface area (Å²) in [6.07, 6.45) is 2.12. The molecule has 0 bridgehead atoms. The van der Waals surface area contributed by atoms with Crippen LogP contribution >= 0.6 is 15.9 Å². The van der Waals surface area contributed by atoms with Crippen molar-refractivity contribution >= 4 is 27.5 Å². The maximum Gasteiger partial charge on any atom is 0.251 e. The first-order valence-corrected chi connectivity index (χ1v) is 8.41. The van der Waals surface area contributed by atoms with Gasteiger partial charge in [-0.05, 0) is 49.6 Å². The van der Waals surface area contributed by atoms with Crippen LogP contribution in [0, 0.1) is 12.7 Å². The Morgan fingerprint density at radius 3 is 2.74 bits per heavy atom. The Kier molecular flexibility index (Phi) is 4.66. The molecular weight excluding hydrogens is 359 g/mol. The third-order valence-corrected chi connectivity index (χ3v) is 4.39. The number of rotatable bonds is 5. The SMILES string of the molecule is Cc1ccc(C(=O)NC2CC2)cc1NCc1ccc(Br)cc1F. The molecule has 1 saturated carbocycles. The molecule has 0 unspecified atom stereocenters. The zero-order chi connectivity index (χ0) is 16.4. The Labute approximate surface area is 143 Å². The standard InChI is InChI=1S/C18H18BrFN2O/c1-11-2-3-12(18(23)22-15-6-7-15)8-17(11)21-10-13-4-5-14(19)9-16(13)20/h2-5,8-9,15,21H,6-7,10H2,1H3,(H,22,23). The van der Waals surface area contributed by atoms with Gasteiger partial charge in [0.1, 0.15) is 5.82 Å². The lowest BCUT2D eigenvalue weighted by molar-refractivity contribution is 0.0951. The number of amides is 1. The van der Waals surface area contributed by atoms with E-state index in [1.807, 2.05) is 31.2 Å². The summed E-state index contributed by atoms with van der Waals surface area (Å²) in [6, 6.07) is 10.9. The van der Waals surface area contributed by atoms with Crippen molar-refractivity contribution in [3.8, 4) is 0 Å². The Morgan fingerprint density at radius 2 is 2.04 bits per heavy atom. The normalized spacial score (nSPS) is 13.7. The number of anilines is 1. The summed E-state index contributed by atoms with van der Waals surface area (Å²) in [7, 11) is 0. The van der Waals surface area contributed by atoms with E-state index in [-0.39, 0.29) is 11.7 Å². The molecule has 2 aromatic rings. The van der Waals surface area contributed by atoms with Crippen LogP contribution in [-0.4, -0.2) is 11.9 Å². The van der Waals surface area contributed by atoms with E-state index in [1.54, 1.807) is 6.07 Å². The van der Waals surface area contributed by atoms with Gasteiger partial charge in [0.2, 0.25) is 0 Å². The highest BCUT2D eigenvalue weighted by molar-refractivity contribution is 9.10. The van der Waals surface area contributed by atoms with Crippen molar-refractivity contribution in [1.82, 2.24) is 5.32 Å². The van der Waals surface area contributed by atoms with Gasteiger partial charge in [-0.15, -0.1) is 0 Å². The van der Waals surface area contributed by atoms with E-state index in [1.165, 1.54) is 6.07 Å². The number of aryl methyl sites for hydroxylation is 1. The van der Waals surface area contributed by atoms with E-state index < -0.39 is 0 Å². The molecule has 2 N–H and O–H groups in total. The first kappa shape index (κ1) is 16.0. The lowest BCUT2D eigenvalue weighted by Gasteiger charge is -2.12. The summed E-state index contributed by atoms with van der Waals surface area (Å²) in [5.41, 5.74) is 3.07. The van der Waals surface area contributed by atoms with Crippen molar-refractivity contribution in [2.24, 2.45) is 0 Å². The second-order valence-electron chi connectivity index (χ2n) is 5.87. The van der Waals surface area contributed by atoms with E-state index in [0.717, 1.165) is 24.1 Å². The van der Waals surface area contributed by atoms with Crippen LogP contribution in [0.5, 0.6) is 0 Å². The van der Waals surface area contributed by atoms with Gasteiger partial charge in [0.15, 0.2) is 0 Å². The largest absolute Gasteiger partial charge is 0.381 e. The first-order valence-electron chi connectivity index (χ1n) is 7.62. The second-order valence-corrected chi connectivity index (χ2v) is 6.78. The van der Waals surface area contributed by atoms with Crippen LogP contribution in [0.2, 0.25) is 0 Å². The minimum absolute atomic E-state index is 0.0506. The van der Waals surface area contributed by atoms with E-state index in [9.17, 15) is 9.18 Å². The molecule has 0 aliphatic heterocycles. The lowest BCUT2D eigenvalue weighted by Crippen LogP contribution is -2.25. The molecule has 1 aliphatic carbocycles. The van der Waals surface area contributed by atoms with E-state index in [4.69, 9.17) is 0 Å². The van der Waals surface area contributed by atoms with Crippen LogP contribution in [0.1, 0.15) is 34.3 Å². The fourth-order valence-electron chi connectivity index (χ4n) is 2.31. The van der Waals surface area contributed by atoms with Gasteiger partial charge in [-0.3, -0.25) is 4.79 Å². The third kappa shape index (κ3) is 4.10. The molecule has 2 aromatic carbocycles. The summed E-state index contributed by atoms with van der Waals surface area (Å²) in [5, 5.41) is 6.19. The monoisotopic (exact) mass is 376 g/mol. The van der Waals surface area contributed by atoms with Gasteiger partial charge >= 0.3 is 0 Å². The van der Waals surface area contributed by atoms with Crippen molar-refractivity contribution in [3.63, 3.8) is 0 Å². The van der Waals surface area contributed by atoms with Crippen LogP contribution in [0.4, 0.5) is 10.1 Å². The molecule has 1 aliphatic rings. The predicted octanol–water partition coefficient (Wildman–Crippen LogP) is 4.40. The van der Waals surface area contributed by atoms with Crippen LogP contribution in [0.3, 0.4) is 0 Å². The summed E-state index contributed by atoms with van der Waals surface area (Å²) in [4.78, 5) is 12.1. The minimum Gasteiger partial charge on any atom is -0.381 e. The Hall–Kier alpha value is -1.88. The van der Waals surface area contributed by atoms with E-state index in [2.05, 4.69) is 26.6 Å². The van der Waals surface area contributed by atoms with Crippen LogP contribution in [0.15, 0.2) is 40.9 Å². The number of carbonyl (C=O) groups excluding carboxylic acids is 1. The zero-order valence-corrected chi connectivity index (χ0v) is 14.4. The highest BCUT2D eigenvalue weighted by atomic mass is 79.9. The zero-order valence-electron chi connectivity index (χ0n) is 12.8. The molecule has 23 heavy (non-hydrogen) atoms. The Morgan fingerprint density at radius 1 is 1.26 bits per heavy atom. The molecule has 0 aromatic heterocycles. The molecule has 0 spiro atoms. The van der Waals surface area contributed by atoms with Gasteiger partial charge < -0.3 is 10.6 Å². The van der Waals surface area contributed by atoms with Crippen molar-refractivity contribution in [2.75, 3.05) is 5.32 Å². The van der Waals surface area contributed by atoms with Crippen molar-refractivity contribution < 1.29 is 9.18 Å².